The summed E-state index contributed by atoms with van der Waals surface area (Å²) in [5.74, 6) is 1.02. The van der Waals surface area contributed by atoms with Crippen LogP contribution in [0.3, 0.4) is 0 Å². The number of benzene rings is 1. The molecule has 1 aromatic carbocycles. The van der Waals surface area contributed by atoms with Crippen LogP contribution in [-0.2, 0) is 4.74 Å². The summed E-state index contributed by atoms with van der Waals surface area (Å²) in [6, 6.07) is 4.59. The molecule has 2 aromatic rings. The Balaban J connectivity index is 1.81. The van der Waals surface area contributed by atoms with Crippen molar-refractivity contribution in [3.05, 3.63) is 46.8 Å². The minimum absolute atomic E-state index is 0.00847. The molecule has 2 heterocycles. The number of halogens is 1. The van der Waals surface area contributed by atoms with Crippen LogP contribution in [0, 0.1) is 25.6 Å². The van der Waals surface area contributed by atoms with Crippen molar-refractivity contribution in [3.63, 3.8) is 0 Å². The number of hydrogen-bond donors (Lipinski definition) is 1. The molecule has 0 unspecified atom stereocenters. The van der Waals surface area contributed by atoms with Gasteiger partial charge in [-0.15, -0.1) is 0 Å². The molecule has 1 N–H and O–H groups in total. The second-order valence-corrected chi connectivity index (χ2v) is 6.28. The average Bonchev–Trinajstić information content (AvgIpc) is 3.16. The highest BCUT2D eigenvalue weighted by Gasteiger charge is 2.38. The third-order valence-corrected chi connectivity index (χ3v) is 4.47. The van der Waals surface area contributed by atoms with Gasteiger partial charge in [0.2, 0.25) is 0 Å². The summed E-state index contributed by atoms with van der Waals surface area (Å²) < 4.78 is 19.0. The van der Waals surface area contributed by atoms with E-state index in [0.717, 1.165) is 5.82 Å². The summed E-state index contributed by atoms with van der Waals surface area (Å²) in [6.45, 7) is 5.08. The Kier molecular flexibility index (Phi) is 4.62. The van der Waals surface area contributed by atoms with Crippen molar-refractivity contribution >= 4 is 5.91 Å². The van der Waals surface area contributed by atoms with Gasteiger partial charge in [0.05, 0.1) is 6.61 Å². The minimum atomic E-state index is -0.366. The molecule has 128 valence electrons. The first-order chi connectivity index (χ1) is 11.5. The van der Waals surface area contributed by atoms with E-state index in [1.807, 2.05) is 6.92 Å². The van der Waals surface area contributed by atoms with Gasteiger partial charge >= 0.3 is 0 Å². The van der Waals surface area contributed by atoms with E-state index in [1.165, 1.54) is 6.07 Å². The van der Waals surface area contributed by atoms with Crippen LogP contribution < -0.4 is 0 Å². The molecule has 0 bridgehead atoms. The monoisotopic (exact) mass is 332 g/mol. The van der Waals surface area contributed by atoms with Gasteiger partial charge in [0, 0.05) is 37.6 Å². The van der Waals surface area contributed by atoms with E-state index in [0.29, 0.717) is 36.6 Å². The fraction of sp³-hybridized carbons (Fsp3) is 0.471. The van der Waals surface area contributed by atoms with E-state index < -0.39 is 0 Å². The number of nitrogens with zero attached hydrogens (tertiary/aromatic N) is 3. The van der Waals surface area contributed by atoms with Gasteiger partial charge in [0.15, 0.2) is 5.82 Å². The molecule has 7 heteroatoms. The van der Waals surface area contributed by atoms with Gasteiger partial charge < -0.3 is 9.64 Å². The quantitative estimate of drug-likeness (QED) is 0.930. The zero-order valence-electron chi connectivity index (χ0n) is 14.0. The zero-order valence-corrected chi connectivity index (χ0v) is 14.0. The van der Waals surface area contributed by atoms with Crippen LogP contribution in [0.25, 0.3) is 0 Å². The van der Waals surface area contributed by atoms with Crippen molar-refractivity contribution in [3.8, 4) is 0 Å². The molecule has 1 aliphatic rings. The number of aryl methyl sites for hydroxylation is 2. The van der Waals surface area contributed by atoms with Gasteiger partial charge in [-0.25, -0.2) is 9.37 Å². The number of hydrogen-bond acceptors (Lipinski definition) is 4. The number of rotatable bonds is 4. The highest BCUT2D eigenvalue weighted by Crippen LogP contribution is 2.32. The lowest BCUT2D eigenvalue weighted by Gasteiger charge is -2.16. The number of H-pyrrole nitrogens is 1. The minimum Gasteiger partial charge on any atom is -0.384 e. The van der Waals surface area contributed by atoms with Gasteiger partial charge in [-0.1, -0.05) is 6.07 Å². The van der Waals surface area contributed by atoms with Crippen LogP contribution in [0.4, 0.5) is 4.39 Å². The summed E-state index contributed by atoms with van der Waals surface area (Å²) in [4.78, 5) is 18.8. The Bertz CT molecular complexity index is 746. The smallest absolute Gasteiger partial charge is 0.253 e. The fourth-order valence-corrected chi connectivity index (χ4v) is 3.15. The molecule has 0 radical (unpaired) electrons. The predicted octanol–water partition coefficient (Wildman–Crippen LogP) is 2.06. The Morgan fingerprint density at radius 3 is 2.83 bits per heavy atom. The van der Waals surface area contributed by atoms with E-state index in [2.05, 4.69) is 15.2 Å². The Morgan fingerprint density at radius 1 is 1.42 bits per heavy atom. The van der Waals surface area contributed by atoms with Crippen molar-refractivity contribution in [1.82, 2.24) is 20.1 Å². The van der Waals surface area contributed by atoms with Gasteiger partial charge in [0.25, 0.3) is 5.91 Å². The normalized spacial score (nSPS) is 20.6. The van der Waals surface area contributed by atoms with E-state index in [9.17, 15) is 9.18 Å². The van der Waals surface area contributed by atoms with Crippen LogP contribution in [-0.4, -0.2) is 52.8 Å². The highest BCUT2D eigenvalue weighted by atomic mass is 19.1. The molecule has 3 rings (SSSR count). The van der Waals surface area contributed by atoms with E-state index in [1.54, 1.807) is 31.1 Å². The first-order valence-corrected chi connectivity index (χ1v) is 7.93. The largest absolute Gasteiger partial charge is 0.384 e. The second-order valence-electron chi connectivity index (χ2n) is 6.28. The van der Waals surface area contributed by atoms with Crippen LogP contribution in [0.5, 0.6) is 0 Å². The van der Waals surface area contributed by atoms with Crippen LogP contribution in [0.2, 0.25) is 0 Å². The van der Waals surface area contributed by atoms with Crippen molar-refractivity contribution < 1.29 is 13.9 Å². The maximum absolute atomic E-state index is 13.8. The molecule has 0 saturated carbocycles. The Hall–Kier alpha value is -2.28. The van der Waals surface area contributed by atoms with Gasteiger partial charge in [-0.05, 0) is 31.5 Å². The number of ether oxygens (including phenoxy) is 1. The zero-order chi connectivity index (χ0) is 17.3. The number of nitrogens with one attached hydrogen (secondary N) is 1. The molecule has 24 heavy (non-hydrogen) atoms. The van der Waals surface area contributed by atoms with Gasteiger partial charge in [-0.3, -0.25) is 9.89 Å². The lowest BCUT2D eigenvalue weighted by atomic mass is 9.96. The molecule has 1 fully saturated rings. The standard InChI is InChI=1S/C17H21FN4O2/c1-10-4-5-12(6-15(10)18)17(23)22-7-13(9-24-3)14(8-22)16-19-11(2)20-21-16/h4-6,13-14H,7-9H2,1-3H3,(H,19,20,21)/t13-,14+/m0/s1. The molecule has 1 aromatic heterocycles. The molecule has 6 nitrogen and oxygen atoms in total. The first kappa shape index (κ1) is 16.6. The van der Waals surface area contributed by atoms with E-state index >= 15 is 0 Å². The lowest BCUT2D eigenvalue weighted by molar-refractivity contribution is 0.0775. The molecular weight excluding hydrogens is 311 g/mol. The maximum Gasteiger partial charge on any atom is 0.253 e. The molecule has 0 aliphatic carbocycles. The van der Waals surface area contributed by atoms with Crippen molar-refractivity contribution in [2.45, 2.75) is 19.8 Å². The average molecular weight is 332 g/mol. The van der Waals surface area contributed by atoms with E-state index in [-0.39, 0.29) is 23.6 Å². The summed E-state index contributed by atoms with van der Waals surface area (Å²) in [5, 5.41) is 7.08. The first-order valence-electron chi connectivity index (χ1n) is 7.93. The van der Waals surface area contributed by atoms with E-state index in [4.69, 9.17) is 4.74 Å². The summed E-state index contributed by atoms with van der Waals surface area (Å²) >= 11 is 0. The second kappa shape index (κ2) is 6.68. The molecule has 2 atom stereocenters. The number of methoxy groups -OCH3 is 1. The van der Waals surface area contributed by atoms with Crippen molar-refractivity contribution in [1.29, 1.82) is 0 Å². The molecule has 1 amide bonds. The SMILES string of the molecule is COC[C@@H]1CN(C(=O)c2ccc(C)c(F)c2)C[C@H]1c1n[nH]c(C)n1. The molecule has 0 spiro atoms. The van der Waals surface area contributed by atoms with Gasteiger partial charge in [0.1, 0.15) is 11.6 Å². The Morgan fingerprint density at radius 2 is 2.21 bits per heavy atom. The number of carbonyl (C=O) groups is 1. The molecule has 1 saturated heterocycles. The number of carbonyl (C=O) groups excluding carboxylic acids is 1. The maximum atomic E-state index is 13.8. The van der Waals surface area contributed by atoms with Crippen LogP contribution >= 0.6 is 0 Å². The van der Waals surface area contributed by atoms with Crippen LogP contribution in [0.15, 0.2) is 18.2 Å². The van der Waals surface area contributed by atoms with Crippen molar-refractivity contribution in [2.75, 3.05) is 26.8 Å². The van der Waals surface area contributed by atoms with Crippen LogP contribution in [0.1, 0.15) is 33.5 Å². The fourth-order valence-electron chi connectivity index (χ4n) is 3.15. The molecule has 1 aliphatic heterocycles. The summed E-state index contributed by atoms with van der Waals surface area (Å²) in [5.41, 5.74) is 0.889. The number of aromatic amines is 1. The molecular formula is C17H21FN4O2. The third-order valence-electron chi connectivity index (χ3n) is 4.47. The highest BCUT2D eigenvalue weighted by molar-refractivity contribution is 5.94. The Labute approximate surface area is 140 Å². The number of likely N-dealkylation sites (tertiary alicyclic amines) is 1. The number of aromatic nitrogens is 3. The topological polar surface area (TPSA) is 71.1 Å². The lowest BCUT2D eigenvalue weighted by Crippen LogP contribution is -2.29. The van der Waals surface area contributed by atoms with Crippen molar-refractivity contribution in [2.24, 2.45) is 5.92 Å². The predicted molar refractivity (Wildman–Crippen MR) is 86.3 cm³/mol. The summed E-state index contributed by atoms with van der Waals surface area (Å²) in [6.07, 6.45) is 0. The number of amides is 1. The third kappa shape index (κ3) is 3.17. The van der Waals surface area contributed by atoms with Gasteiger partial charge in [-0.2, -0.15) is 5.10 Å². The summed E-state index contributed by atoms with van der Waals surface area (Å²) in [7, 11) is 1.64.